The summed E-state index contributed by atoms with van der Waals surface area (Å²) in [5, 5.41) is 0. The summed E-state index contributed by atoms with van der Waals surface area (Å²) < 4.78 is 55.4. The molecule has 2 aliphatic rings. The molecule has 42 heavy (non-hydrogen) atoms. The summed E-state index contributed by atoms with van der Waals surface area (Å²) in [4.78, 5) is 3.09. The van der Waals surface area contributed by atoms with E-state index in [1.165, 1.54) is 34.4 Å². The van der Waals surface area contributed by atoms with Crippen molar-refractivity contribution in [3.63, 3.8) is 0 Å². The van der Waals surface area contributed by atoms with E-state index in [1.807, 2.05) is 18.2 Å². The second kappa shape index (κ2) is 13.8. The van der Waals surface area contributed by atoms with Gasteiger partial charge in [-0.15, -0.1) is 0 Å². The Kier molecular flexibility index (Phi) is 10.1. The molecule has 8 heteroatoms. The van der Waals surface area contributed by atoms with Gasteiger partial charge in [-0.25, -0.2) is 13.5 Å². The van der Waals surface area contributed by atoms with E-state index in [4.69, 9.17) is 9.47 Å². The molecule has 0 saturated carbocycles. The molecular formula is C34H42F2N2O3S. The highest BCUT2D eigenvalue weighted by Crippen LogP contribution is 2.28. The zero-order chi connectivity index (χ0) is 29.7. The first-order valence-corrected chi connectivity index (χ1v) is 16.1. The normalized spacial score (nSPS) is 20.1. The molecule has 0 spiro atoms. The van der Waals surface area contributed by atoms with Crippen molar-refractivity contribution in [2.45, 2.75) is 69.5 Å². The molecule has 0 aliphatic carbocycles. The zero-order valence-electron chi connectivity index (χ0n) is 24.8. The number of anilines is 1. The molecule has 0 bridgehead atoms. The van der Waals surface area contributed by atoms with E-state index in [-0.39, 0.29) is 23.6 Å². The topological polar surface area (TPSA) is 56.8 Å². The van der Waals surface area contributed by atoms with Gasteiger partial charge in [-0.2, -0.15) is 0 Å². The number of halogens is 2. The summed E-state index contributed by atoms with van der Waals surface area (Å²) in [6, 6.07) is 19.3. The molecule has 5 nitrogen and oxygen atoms in total. The Labute approximate surface area is 251 Å². The highest BCUT2D eigenvalue weighted by Gasteiger charge is 2.25. The van der Waals surface area contributed by atoms with Crippen LogP contribution in [0.25, 0.3) is 0 Å². The molecule has 1 N–H and O–H groups in total. The first-order chi connectivity index (χ1) is 20.2. The molecule has 3 aromatic carbocycles. The number of rotatable bonds is 10. The molecule has 5 rings (SSSR count). The molecule has 226 valence electrons. The number of hydrogen-bond donors (Lipinski definition) is 1. The maximum absolute atomic E-state index is 14.8. The first kappa shape index (κ1) is 30.8. The minimum atomic E-state index is -1.61. The van der Waals surface area contributed by atoms with E-state index in [0.29, 0.717) is 36.7 Å². The summed E-state index contributed by atoms with van der Waals surface area (Å²) in [6.45, 7) is 10.5. The number of nitrogens with zero attached hydrogens (tertiary/aromatic N) is 1. The van der Waals surface area contributed by atoms with E-state index in [9.17, 15) is 13.3 Å². The third-order valence-corrected chi connectivity index (χ3v) is 9.43. The summed E-state index contributed by atoms with van der Waals surface area (Å²) in [5.74, 6) is -0.272. The quantitative estimate of drug-likeness (QED) is 0.256. The molecule has 1 unspecified atom stereocenters. The molecule has 2 aliphatic heterocycles. The minimum Gasteiger partial charge on any atom is -0.588 e. The standard InChI is InChI=1S/C34H42F2N2O3S/c1-34(2,3)28-7-4-24(5-8-28)12-16-38-17-13-26-20-30(10-6-27(26)22-38)42(39)37-33-11-9-29(21-31(33)35)41-19-15-25-14-18-40-23-32(25)36/h4-11,20-21,25,32,37H,12-19,22-23H2,1-3H3/t25-,32+,42?/m1/s1. The number of hydrogen-bond acceptors (Lipinski definition) is 5. The highest BCUT2D eigenvalue weighted by atomic mass is 32.2. The third kappa shape index (κ3) is 8.04. The van der Waals surface area contributed by atoms with Gasteiger partial charge in [-0.3, -0.25) is 4.90 Å². The lowest BCUT2D eigenvalue weighted by Gasteiger charge is -2.29. The molecule has 1 fully saturated rings. The van der Waals surface area contributed by atoms with Crippen LogP contribution < -0.4 is 9.46 Å². The summed E-state index contributed by atoms with van der Waals surface area (Å²) in [6.07, 6.45) is 2.14. The van der Waals surface area contributed by atoms with Crippen molar-refractivity contribution >= 4 is 17.0 Å². The number of alkyl halides is 1. The largest absolute Gasteiger partial charge is 0.588 e. The van der Waals surface area contributed by atoms with Crippen molar-refractivity contribution in [3.05, 3.63) is 88.7 Å². The van der Waals surface area contributed by atoms with Crippen LogP contribution in [0.1, 0.15) is 55.9 Å². The van der Waals surface area contributed by atoms with Crippen molar-refractivity contribution in [2.75, 3.05) is 37.6 Å². The van der Waals surface area contributed by atoms with E-state index >= 15 is 0 Å². The van der Waals surface area contributed by atoms with Crippen LogP contribution >= 0.6 is 0 Å². The predicted molar refractivity (Wildman–Crippen MR) is 165 cm³/mol. The summed E-state index contributed by atoms with van der Waals surface area (Å²) in [7, 11) is 0. The predicted octanol–water partition coefficient (Wildman–Crippen LogP) is 7.00. The van der Waals surface area contributed by atoms with Crippen molar-refractivity contribution in [2.24, 2.45) is 5.92 Å². The Morgan fingerprint density at radius 1 is 1.07 bits per heavy atom. The van der Waals surface area contributed by atoms with Gasteiger partial charge in [0.25, 0.3) is 0 Å². The first-order valence-electron chi connectivity index (χ1n) is 14.9. The van der Waals surface area contributed by atoms with Gasteiger partial charge >= 0.3 is 0 Å². The number of benzene rings is 3. The van der Waals surface area contributed by atoms with Crippen LogP contribution in [0.15, 0.2) is 65.6 Å². The zero-order valence-corrected chi connectivity index (χ0v) is 25.7. The Morgan fingerprint density at radius 2 is 1.88 bits per heavy atom. The van der Waals surface area contributed by atoms with Gasteiger partial charge in [0.2, 0.25) is 0 Å². The Bertz CT molecular complexity index is 1330. The maximum atomic E-state index is 14.8. The molecular weight excluding hydrogens is 554 g/mol. The number of fused-ring (bicyclic) bond motifs is 1. The highest BCUT2D eigenvalue weighted by molar-refractivity contribution is 7.92. The summed E-state index contributed by atoms with van der Waals surface area (Å²) >= 11 is -1.61. The lowest BCUT2D eigenvalue weighted by molar-refractivity contribution is -0.00749. The average molecular weight is 597 g/mol. The molecule has 1 saturated heterocycles. The average Bonchev–Trinajstić information content (AvgIpc) is 2.97. The third-order valence-electron chi connectivity index (χ3n) is 8.34. The molecule has 3 aromatic rings. The molecule has 3 atom stereocenters. The van der Waals surface area contributed by atoms with Crippen molar-refractivity contribution in [3.8, 4) is 5.75 Å². The number of nitrogens with one attached hydrogen (secondary N) is 1. The van der Waals surface area contributed by atoms with Crippen LogP contribution in [-0.4, -0.2) is 48.5 Å². The molecule has 0 aromatic heterocycles. The fourth-order valence-corrected chi connectivity index (χ4v) is 6.50. The van der Waals surface area contributed by atoms with Crippen LogP contribution in [0.5, 0.6) is 5.75 Å². The van der Waals surface area contributed by atoms with Crippen molar-refractivity contribution < 1.29 is 22.8 Å². The van der Waals surface area contributed by atoms with Crippen LogP contribution in [0.3, 0.4) is 0 Å². The smallest absolute Gasteiger partial charge is 0.180 e. The van der Waals surface area contributed by atoms with E-state index < -0.39 is 23.4 Å². The van der Waals surface area contributed by atoms with E-state index in [2.05, 4.69) is 54.7 Å². The maximum Gasteiger partial charge on any atom is 0.180 e. The van der Waals surface area contributed by atoms with Crippen LogP contribution in [0.4, 0.5) is 14.5 Å². The Balaban J connectivity index is 1.11. The Morgan fingerprint density at radius 3 is 2.62 bits per heavy atom. The van der Waals surface area contributed by atoms with Gasteiger partial charge in [0.05, 0.1) is 13.2 Å². The molecule has 2 heterocycles. The number of ether oxygens (including phenoxy) is 2. The van der Waals surface area contributed by atoms with Gasteiger partial charge in [-0.1, -0.05) is 51.1 Å². The second-order valence-corrected chi connectivity index (χ2v) is 13.7. The lowest BCUT2D eigenvalue weighted by Crippen LogP contribution is -2.32. The monoisotopic (exact) mass is 596 g/mol. The van der Waals surface area contributed by atoms with Crippen LogP contribution in [0.2, 0.25) is 0 Å². The van der Waals surface area contributed by atoms with Gasteiger partial charge < -0.3 is 14.0 Å². The fraction of sp³-hybridized carbons (Fsp3) is 0.471. The van der Waals surface area contributed by atoms with Gasteiger partial charge in [0.15, 0.2) is 10.7 Å². The van der Waals surface area contributed by atoms with Crippen LogP contribution in [-0.2, 0) is 40.9 Å². The SMILES string of the molecule is CC(C)(C)c1ccc(CCN2CCc3cc([S+]([O-])Nc4ccc(OCC[C@H]5CCOC[C@@H]5F)cc4F)ccc3C2)cc1. The Hall–Kier alpha value is -2.65. The minimum absolute atomic E-state index is 0.0943. The lowest BCUT2D eigenvalue weighted by atomic mass is 9.86. The van der Waals surface area contributed by atoms with Crippen LogP contribution in [0, 0.1) is 11.7 Å². The van der Waals surface area contributed by atoms with Gasteiger partial charge in [-0.05, 0) is 83.5 Å². The van der Waals surface area contributed by atoms with Crippen molar-refractivity contribution in [1.82, 2.24) is 4.90 Å². The summed E-state index contributed by atoms with van der Waals surface area (Å²) in [5.41, 5.74) is 5.45. The van der Waals surface area contributed by atoms with Crippen molar-refractivity contribution in [1.29, 1.82) is 0 Å². The van der Waals surface area contributed by atoms with Gasteiger partial charge in [0, 0.05) is 32.3 Å². The van der Waals surface area contributed by atoms with E-state index in [1.54, 1.807) is 6.07 Å². The fourth-order valence-electron chi connectivity index (χ4n) is 5.58. The van der Waals surface area contributed by atoms with Gasteiger partial charge in [0.1, 0.15) is 29.0 Å². The van der Waals surface area contributed by atoms with E-state index in [0.717, 1.165) is 32.5 Å². The second-order valence-electron chi connectivity index (χ2n) is 12.4. The molecule has 0 radical (unpaired) electrons. The molecule has 0 amide bonds.